The molecule has 2 aliphatic heterocycles. The van der Waals surface area contributed by atoms with E-state index in [2.05, 4.69) is 34.5 Å². The average molecular weight is 517 g/mol. The lowest BCUT2D eigenvalue weighted by Crippen LogP contribution is -2.38. The van der Waals surface area contributed by atoms with Gasteiger partial charge in [-0.25, -0.2) is 0 Å². The molecule has 0 spiro atoms. The van der Waals surface area contributed by atoms with Crippen molar-refractivity contribution in [2.75, 3.05) is 19.6 Å². The van der Waals surface area contributed by atoms with Gasteiger partial charge in [0.05, 0.1) is 24.9 Å². The Kier molecular flexibility index (Phi) is 8.51. The van der Waals surface area contributed by atoms with Crippen molar-refractivity contribution in [3.8, 4) is 11.1 Å². The maximum Gasteiger partial charge on any atom is 0.217 e. The Labute approximate surface area is 224 Å². The monoisotopic (exact) mass is 516 g/mol. The number of carbonyl (C=O) groups is 1. The Morgan fingerprint density at radius 1 is 0.974 bits per heavy atom. The van der Waals surface area contributed by atoms with Crippen LogP contribution in [0.4, 0.5) is 0 Å². The van der Waals surface area contributed by atoms with Crippen LogP contribution in [0.2, 0.25) is 0 Å². The number of ether oxygens (including phenoxy) is 2. The zero-order chi connectivity index (χ0) is 26.5. The Bertz CT molecular complexity index is 1230. The number of aliphatic hydroxyl groups is 2. The van der Waals surface area contributed by atoms with E-state index in [0.717, 1.165) is 52.9 Å². The minimum Gasteiger partial charge on any atom is -0.392 e. The minimum atomic E-state index is -0.536. The first kappa shape index (κ1) is 26.5. The second-order valence-electron chi connectivity index (χ2n) is 10.3. The van der Waals surface area contributed by atoms with E-state index < -0.39 is 6.29 Å². The van der Waals surface area contributed by atoms with Crippen molar-refractivity contribution in [2.45, 2.75) is 57.5 Å². The quantitative estimate of drug-likeness (QED) is 0.418. The summed E-state index contributed by atoms with van der Waals surface area (Å²) in [5.74, 6) is -0.0532. The van der Waals surface area contributed by atoms with Gasteiger partial charge in [0.15, 0.2) is 6.29 Å². The lowest BCUT2D eigenvalue weighted by molar-refractivity contribution is -0.252. The zero-order valence-corrected chi connectivity index (χ0v) is 21.8. The fraction of sp³-hybridized carbons (Fsp3) is 0.387. The first-order valence-electron chi connectivity index (χ1n) is 13.3. The number of nitrogens with one attached hydrogen (secondary N) is 1. The smallest absolute Gasteiger partial charge is 0.217 e. The second kappa shape index (κ2) is 12.2. The molecule has 2 aliphatic rings. The molecule has 7 heteroatoms. The number of aliphatic hydroxyl groups excluding tert-OH is 2. The molecule has 0 radical (unpaired) electrons. The molecule has 7 nitrogen and oxygen atoms in total. The van der Waals surface area contributed by atoms with Crippen LogP contribution in [0.15, 0.2) is 72.8 Å². The summed E-state index contributed by atoms with van der Waals surface area (Å²) in [6.45, 7) is 4.30. The fourth-order valence-electron chi connectivity index (χ4n) is 5.25. The van der Waals surface area contributed by atoms with Crippen molar-refractivity contribution in [3.63, 3.8) is 0 Å². The molecular formula is C31H36N2O5. The molecule has 2 fully saturated rings. The lowest BCUT2D eigenvalue weighted by Gasteiger charge is -2.38. The van der Waals surface area contributed by atoms with E-state index in [1.807, 2.05) is 48.5 Å². The number of benzene rings is 3. The summed E-state index contributed by atoms with van der Waals surface area (Å²) in [6.07, 6.45) is 0.500. The van der Waals surface area contributed by atoms with Gasteiger partial charge in [-0.1, -0.05) is 60.7 Å². The maximum atomic E-state index is 11.3. The van der Waals surface area contributed by atoms with Crippen molar-refractivity contribution in [1.29, 1.82) is 0 Å². The molecule has 200 valence electrons. The number of rotatable bonds is 8. The van der Waals surface area contributed by atoms with Crippen LogP contribution in [0.3, 0.4) is 0 Å². The van der Waals surface area contributed by atoms with Crippen LogP contribution in [-0.2, 0) is 27.4 Å². The highest BCUT2D eigenvalue weighted by Crippen LogP contribution is 2.39. The highest BCUT2D eigenvalue weighted by molar-refractivity contribution is 5.73. The molecule has 2 heterocycles. The third-order valence-electron chi connectivity index (χ3n) is 7.28. The van der Waals surface area contributed by atoms with Crippen LogP contribution in [0, 0.1) is 0 Å². The number of likely N-dealkylation sites (tertiary alicyclic amines) is 1. The van der Waals surface area contributed by atoms with Crippen molar-refractivity contribution < 1.29 is 24.5 Å². The Balaban J connectivity index is 1.38. The van der Waals surface area contributed by atoms with Crippen molar-refractivity contribution in [1.82, 2.24) is 10.2 Å². The number of carbonyl (C=O) groups excluding carboxylic acids is 1. The lowest BCUT2D eigenvalue weighted by atomic mass is 9.98. The number of amides is 1. The predicted molar refractivity (Wildman–Crippen MR) is 145 cm³/mol. The van der Waals surface area contributed by atoms with E-state index in [1.54, 1.807) is 0 Å². The molecule has 0 aliphatic carbocycles. The summed E-state index contributed by atoms with van der Waals surface area (Å²) >= 11 is 0. The summed E-state index contributed by atoms with van der Waals surface area (Å²) in [5, 5.41) is 22.3. The van der Waals surface area contributed by atoms with Crippen LogP contribution in [-0.4, -0.2) is 52.9 Å². The number of nitrogens with zero attached hydrogens (tertiary/aromatic N) is 1. The first-order valence-corrected chi connectivity index (χ1v) is 13.3. The van der Waals surface area contributed by atoms with Crippen LogP contribution in [0.5, 0.6) is 0 Å². The maximum absolute atomic E-state index is 11.3. The van der Waals surface area contributed by atoms with Gasteiger partial charge < -0.3 is 25.0 Å². The minimum absolute atomic E-state index is 0.0102. The van der Waals surface area contributed by atoms with Gasteiger partial charge in [0.2, 0.25) is 5.91 Å². The summed E-state index contributed by atoms with van der Waals surface area (Å²) in [7, 11) is 0. The highest BCUT2D eigenvalue weighted by Gasteiger charge is 2.34. The van der Waals surface area contributed by atoms with Crippen molar-refractivity contribution >= 4 is 5.91 Å². The standard InChI is InChI=1S/C31H36N2O5/c1-21(35)32-17-23-4-2-5-25(14-23)26-6-3-7-27(15-26)31-37-29(19-33-13-12-28(36)18-33)16-30(38-31)24-10-8-22(20-34)9-11-24/h2-11,14-15,28-31,34,36H,12-13,16-20H2,1H3,(H,32,35)/t28-,29+,30-,31-/m0/s1. The molecule has 3 aromatic carbocycles. The van der Waals surface area contributed by atoms with E-state index in [1.165, 1.54) is 6.92 Å². The number of β-amino-alcohol motifs (C(OH)–C–C–N with tert-alkyl or cyclic N) is 1. The molecule has 4 atom stereocenters. The summed E-state index contributed by atoms with van der Waals surface area (Å²) in [5.41, 5.74) is 6.01. The van der Waals surface area contributed by atoms with Gasteiger partial charge in [0.25, 0.3) is 0 Å². The van der Waals surface area contributed by atoms with Gasteiger partial charge in [-0.3, -0.25) is 9.69 Å². The third-order valence-corrected chi connectivity index (χ3v) is 7.28. The summed E-state index contributed by atoms with van der Waals surface area (Å²) in [4.78, 5) is 13.6. The van der Waals surface area contributed by atoms with Crippen LogP contribution >= 0.6 is 0 Å². The highest BCUT2D eigenvalue weighted by atomic mass is 16.7. The Hall–Kier alpha value is -3.07. The largest absolute Gasteiger partial charge is 0.392 e. The zero-order valence-electron chi connectivity index (χ0n) is 21.8. The van der Waals surface area contributed by atoms with Gasteiger partial charge in [0.1, 0.15) is 0 Å². The molecule has 1 amide bonds. The predicted octanol–water partition coefficient (Wildman–Crippen LogP) is 4.09. The van der Waals surface area contributed by atoms with E-state index in [4.69, 9.17) is 9.47 Å². The summed E-state index contributed by atoms with van der Waals surface area (Å²) < 4.78 is 13.0. The molecule has 2 saturated heterocycles. The average Bonchev–Trinajstić information content (AvgIpc) is 3.36. The molecular weight excluding hydrogens is 480 g/mol. The number of hydrogen-bond acceptors (Lipinski definition) is 6. The van der Waals surface area contributed by atoms with Crippen LogP contribution in [0.1, 0.15) is 54.4 Å². The number of hydrogen-bond donors (Lipinski definition) is 3. The SMILES string of the molecule is CC(=O)NCc1cccc(-c2cccc([C@H]3O[C@@H](CN4CC[C@H](O)C4)C[C@@H](c4ccc(CO)cc4)O3)c2)c1. The van der Waals surface area contributed by atoms with Crippen LogP contribution in [0.25, 0.3) is 11.1 Å². The van der Waals surface area contributed by atoms with Crippen molar-refractivity contribution in [3.05, 3.63) is 95.1 Å². The molecule has 38 heavy (non-hydrogen) atoms. The van der Waals surface area contributed by atoms with Gasteiger partial charge in [0, 0.05) is 45.1 Å². The Morgan fingerprint density at radius 3 is 2.45 bits per heavy atom. The fourth-order valence-corrected chi connectivity index (χ4v) is 5.25. The Morgan fingerprint density at radius 2 is 1.74 bits per heavy atom. The third kappa shape index (κ3) is 6.67. The summed E-state index contributed by atoms with van der Waals surface area (Å²) in [6, 6.07) is 24.3. The molecule has 0 unspecified atom stereocenters. The van der Waals surface area contributed by atoms with Crippen LogP contribution < -0.4 is 5.32 Å². The van der Waals surface area contributed by atoms with Crippen molar-refractivity contribution in [2.24, 2.45) is 0 Å². The van der Waals surface area contributed by atoms with Gasteiger partial charge in [-0.2, -0.15) is 0 Å². The molecule has 5 rings (SSSR count). The molecule has 0 saturated carbocycles. The normalized spacial score (nSPS) is 23.9. The molecule has 0 bridgehead atoms. The molecule has 0 aromatic heterocycles. The van der Waals surface area contributed by atoms with Gasteiger partial charge >= 0.3 is 0 Å². The van der Waals surface area contributed by atoms with Gasteiger partial charge in [-0.05, 0) is 46.4 Å². The van der Waals surface area contributed by atoms with E-state index >= 15 is 0 Å². The molecule has 3 N–H and O–H groups in total. The van der Waals surface area contributed by atoms with E-state index in [-0.39, 0.29) is 30.8 Å². The topological polar surface area (TPSA) is 91.3 Å². The van der Waals surface area contributed by atoms with E-state index in [9.17, 15) is 15.0 Å². The van der Waals surface area contributed by atoms with Gasteiger partial charge in [-0.15, -0.1) is 0 Å². The second-order valence-corrected chi connectivity index (χ2v) is 10.3. The first-order chi connectivity index (χ1) is 18.5. The molecule has 3 aromatic rings. The van der Waals surface area contributed by atoms with E-state index in [0.29, 0.717) is 19.5 Å².